The zero-order valence-corrected chi connectivity index (χ0v) is 33.8. The molecule has 0 N–H and O–H groups in total. The zero-order chi connectivity index (χ0) is 34.8. The van der Waals surface area contributed by atoms with Gasteiger partial charge >= 0.3 is 0 Å². The molecular weight excluding hydrogens is 805 g/mol. The van der Waals surface area contributed by atoms with E-state index in [1.165, 1.54) is 21.9 Å². The zero-order valence-electron chi connectivity index (χ0n) is 30.4. The van der Waals surface area contributed by atoms with Crippen LogP contribution in [0.2, 0.25) is 19.6 Å². The molecule has 50 heavy (non-hydrogen) atoms. The Bertz CT molecular complexity index is 2190. The molecule has 0 saturated carbocycles. The van der Waals surface area contributed by atoms with Crippen molar-refractivity contribution >= 4 is 35.2 Å². The first kappa shape index (κ1) is 37.1. The van der Waals surface area contributed by atoms with E-state index in [1.54, 1.807) is 0 Å². The van der Waals surface area contributed by atoms with Crippen LogP contribution in [0.15, 0.2) is 120 Å². The number of aromatic nitrogens is 2. The second kappa shape index (κ2) is 15.4. The molecule has 0 amide bonds. The third-order valence-electron chi connectivity index (χ3n) is 8.83. The number of hydrogen-bond acceptors (Lipinski definition) is 3. The van der Waals surface area contributed by atoms with Crippen LogP contribution in [0.4, 0.5) is 0 Å². The van der Waals surface area contributed by atoms with Crippen molar-refractivity contribution < 1.29 is 24.5 Å². The molecule has 0 saturated heterocycles. The molecule has 0 atom stereocenters. The van der Waals surface area contributed by atoms with E-state index in [4.69, 9.17) is 4.42 Å². The van der Waals surface area contributed by atoms with E-state index >= 15 is 0 Å². The van der Waals surface area contributed by atoms with Crippen LogP contribution in [-0.4, -0.2) is 18.0 Å². The summed E-state index contributed by atoms with van der Waals surface area (Å²) in [7, 11) is -1.34. The van der Waals surface area contributed by atoms with Crippen molar-refractivity contribution in [2.24, 2.45) is 5.92 Å². The van der Waals surface area contributed by atoms with E-state index in [-0.39, 0.29) is 25.5 Å². The summed E-state index contributed by atoms with van der Waals surface area (Å²) in [5.41, 5.74) is 10.8. The molecule has 4 aromatic carbocycles. The quantitative estimate of drug-likeness (QED) is 0.124. The minimum absolute atomic E-state index is 0. The van der Waals surface area contributed by atoms with Gasteiger partial charge in [0.05, 0.1) is 13.7 Å². The average Bonchev–Trinajstić information content (AvgIpc) is 3.46. The first-order valence-corrected chi connectivity index (χ1v) is 20.7. The third kappa shape index (κ3) is 8.41. The van der Waals surface area contributed by atoms with Crippen molar-refractivity contribution in [1.29, 1.82) is 0 Å². The van der Waals surface area contributed by atoms with Gasteiger partial charge in [0.1, 0.15) is 5.58 Å². The van der Waals surface area contributed by atoms with Crippen LogP contribution in [0.1, 0.15) is 45.7 Å². The summed E-state index contributed by atoms with van der Waals surface area (Å²) in [4.78, 5) is 9.30. The van der Waals surface area contributed by atoms with Crippen LogP contribution >= 0.6 is 0 Å². The predicted molar refractivity (Wildman–Crippen MR) is 210 cm³/mol. The number of rotatable bonds is 6. The molecule has 0 spiro atoms. The van der Waals surface area contributed by atoms with Gasteiger partial charge in [0, 0.05) is 37.9 Å². The molecule has 7 rings (SSSR count). The second-order valence-corrected chi connectivity index (χ2v) is 20.3. The largest absolute Gasteiger partial charge is 0.501 e. The maximum atomic E-state index is 6.35. The summed E-state index contributed by atoms with van der Waals surface area (Å²) in [5.74, 6) is 0.667. The Kier molecular flexibility index (Phi) is 11.4. The fourth-order valence-electron chi connectivity index (χ4n) is 6.26. The van der Waals surface area contributed by atoms with Crippen molar-refractivity contribution in [2.45, 2.75) is 66.1 Å². The molecule has 0 aliphatic carbocycles. The summed E-state index contributed by atoms with van der Waals surface area (Å²) < 4.78 is 6.35. The standard InChI is InChI=1S/C27H22NO.C18H24NSi.Ir/c1-27(2,3)20-14-15-28-24(17-20)23-11-7-10-22-21-13-12-19(16-25(21)29-26(22)23)18-8-5-4-6-9-18;1-14(2)11-16-12-17(15-9-7-6-8-10-15)19-13-18(16)20(3,4)5;/h4-10,12-17H,1-3H3;6-9,12-14H,11H2,1-5H3;/q2*-1;. The Morgan fingerprint density at radius 3 is 2.18 bits per heavy atom. The van der Waals surface area contributed by atoms with Gasteiger partial charge in [-0.1, -0.05) is 125 Å². The minimum Gasteiger partial charge on any atom is -0.501 e. The Balaban J connectivity index is 0.000000204. The van der Waals surface area contributed by atoms with Gasteiger partial charge in [0.25, 0.3) is 0 Å². The summed E-state index contributed by atoms with van der Waals surface area (Å²) in [6, 6.07) is 42.0. The fraction of sp³-hybridized carbons (Fsp3) is 0.244. The summed E-state index contributed by atoms with van der Waals surface area (Å²) in [5, 5.41) is 3.70. The first-order chi connectivity index (χ1) is 23.4. The molecule has 0 aliphatic heterocycles. The third-order valence-corrected chi connectivity index (χ3v) is 10.9. The molecule has 0 fully saturated rings. The first-order valence-electron chi connectivity index (χ1n) is 17.2. The molecule has 5 heteroatoms. The Morgan fingerprint density at radius 1 is 0.740 bits per heavy atom. The Hall–Kier alpha value is -4.15. The Morgan fingerprint density at radius 2 is 1.50 bits per heavy atom. The van der Waals surface area contributed by atoms with Crippen LogP contribution in [0.25, 0.3) is 55.6 Å². The summed E-state index contributed by atoms with van der Waals surface area (Å²) in [6.45, 7) is 18.4. The van der Waals surface area contributed by atoms with Gasteiger partial charge in [0.2, 0.25) is 0 Å². The fourth-order valence-corrected chi connectivity index (χ4v) is 7.85. The predicted octanol–water partition coefficient (Wildman–Crippen LogP) is 11.7. The van der Waals surface area contributed by atoms with Crippen LogP contribution in [-0.2, 0) is 31.9 Å². The van der Waals surface area contributed by atoms with E-state index < -0.39 is 8.07 Å². The van der Waals surface area contributed by atoms with Crippen LogP contribution in [0.3, 0.4) is 0 Å². The molecule has 0 bridgehead atoms. The number of furan rings is 1. The van der Waals surface area contributed by atoms with Crippen molar-refractivity contribution in [1.82, 2.24) is 9.97 Å². The van der Waals surface area contributed by atoms with E-state index in [0.29, 0.717) is 5.92 Å². The van der Waals surface area contributed by atoms with Gasteiger partial charge in [-0.2, -0.15) is 0 Å². The van der Waals surface area contributed by atoms with Crippen LogP contribution in [0.5, 0.6) is 0 Å². The minimum atomic E-state index is -1.34. The number of benzene rings is 4. The molecule has 3 heterocycles. The molecule has 7 aromatic rings. The smallest absolute Gasteiger partial charge is 0.121 e. The van der Waals surface area contributed by atoms with Crippen molar-refractivity contribution in [3.63, 3.8) is 0 Å². The van der Waals surface area contributed by atoms with Gasteiger partial charge < -0.3 is 14.4 Å². The molecular formula is C45H46IrN2OSi-2. The van der Waals surface area contributed by atoms with Crippen molar-refractivity contribution in [3.8, 4) is 33.6 Å². The van der Waals surface area contributed by atoms with E-state index in [1.807, 2.05) is 36.5 Å². The molecule has 3 aromatic heterocycles. The maximum Gasteiger partial charge on any atom is 0.121 e. The molecule has 1 radical (unpaired) electrons. The Labute approximate surface area is 312 Å². The number of nitrogens with zero attached hydrogens (tertiary/aromatic N) is 2. The van der Waals surface area contributed by atoms with Crippen LogP contribution < -0.4 is 5.19 Å². The monoisotopic (exact) mass is 851 g/mol. The molecule has 3 nitrogen and oxygen atoms in total. The van der Waals surface area contributed by atoms with E-state index in [2.05, 4.69) is 155 Å². The number of pyridine rings is 2. The molecule has 257 valence electrons. The SMILES string of the molecule is CC(C)(C)c1ccnc(-c2[c-]ccc3c2oc2cc(-c4ccccc4)ccc23)c1.CC(C)Cc1cc(-c2[c-]cccc2)ncc1[Si](C)(C)C.[Ir]. The van der Waals surface area contributed by atoms with Gasteiger partial charge in [-0.05, 0) is 63.2 Å². The second-order valence-electron chi connectivity index (χ2n) is 15.3. The van der Waals surface area contributed by atoms with E-state index in [9.17, 15) is 0 Å². The van der Waals surface area contributed by atoms with Gasteiger partial charge in [-0.25, -0.2) is 0 Å². The van der Waals surface area contributed by atoms with E-state index in [0.717, 1.165) is 56.4 Å². The van der Waals surface area contributed by atoms with Crippen LogP contribution in [0, 0.1) is 18.1 Å². The maximum absolute atomic E-state index is 6.35. The molecule has 0 unspecified atom stereocenters. The van der Waals surface area contributed by atoms with Crippen molar-refractivity contribution in [3.05, 3.63) is 139 Å². The average molecular weight is 851 g/mol. The summed E-state index contributed by atoms with van der Waals surface area (Å²) in [6.07, 6.45) is 5.11. The number of hydrogen-bond donors (Lipinski definition) is 0. The van der Waals surface area contributed by atoms with Gasteiger partial charge in [0.15, 0.2) is 0 Å². The van der Waals surface area contributed by atoms with Crippen molar-refractivity contribution in [2.75, 3.05) is 0 Å². The van der Waals surface area contributed by atoms with Gasteiger partial charge in [-0.3, -0.25) is 0 Å². The molecule has 0 aliphatic rings. The summed E-state index contributed by atoms with van der Waals surface area (Å²) >= 11 is 0. The topological polar surface area (TPSA) is 38.9 Å². The van der Waals surface area contributed by atoms with Gasteiger partial charge in [-0.15, -0.1) is 54.1 Å². The number of fused-ring (bicyclic) bond motifs is 3. The normalized spacial score (nSPS) is 11.7.